The predicted molar refractivity (Wildman–Crippen MR) is 131 cm³/mol. The van der Waals surface area contributed by atoms with E-state index in [0.29, 0.717) is 0 Å². The molecule has 2 N–H and O–H groups in total. The smallest absolute Gasteiger partial charge is 0.131 e. The molecule has 4 aromatic carbocycles. The summed E-state index contributed by atoms with van der Waals surface area (Å²) in [6.45, 7) is 0. The summed E-state index contributed by atoms with van der Waals surface area (Å²) in [5, 5.41) is 7.24. The first-order chi connectivity index (χ1) is 15.3. The topological polar surface area (TPSA) is 36.4 Å². The van der Waals surface area contributed by atoms with Gasteiger partial charge in [0, 0.05) is 10.0 Å². The molecule has 0 saturated carbocycles. The summed E-state index contributed by atoms with van der Waals surface area (Å²) in [6.07, 6.45) is -0.161. The first kappa shape index (κ1) is 19.7. The Bertz CT molecular complexity index is 1210. The summed E-state index contributed by atoms with van der Waals surface area (Å²) in [5.74, 6) is 0.887. The van der Waals surface area contributed by atoms with E-state index < -0.39 is 0 Å². The third-order valence-corrected chi connectivity index (χ3v) is 5.90. The molecule has 0 aliphatic carbocycles. The third kappa shape index (κ3) is 4.46. The van der Waals surface area contributed by atoms with E-state index in [2.05, 4.69) is 118 Å². The molecule has 152 valence electrons. The second-order valence-electron chi connectivity index (χ2n) is 7.54. The lowest BCUT2D eigenvalue weighted by Crippen LogP contribution is -2.44. The molecule has 0 radical (unpaired) electrons. The van der Waals surface area contributed by atoms with Gasteiger partial charge in [-0.1, -0.05) is 107 Å². The zero-order valence-electron chi connectivity index (χ0n) is 16.9. The Labute approximate surface area is 191 Å². The average molecular weight is 468 g/mol. The van der Waals surface area contributed by atoms with Gasteiger partial charge in [0.05, 0.1) is 0 Å². The maximum absolute atomic E-state index is 5.04. The number of nitrogens with one attached hydrogen (secondary N) is 2. The summed E-state index contributed by atoms with van der Waals surface area (Å²) < 4.78 is 1.07. The fourth-order valence-corrected chi connectivity index (χ4v) is 4.24. The van der Waals surface area contributed by atoms with Gasteiger partial charge in [-0.25, -0.2) is 4.99 Å². The van der Waals surface area contributed by atoms with Gasteiger partial charge in [-0.3, -0.25) is 5.32 Å². The van der Waals surface area contributed by atoms with Crippen LogP contribution < -0.4 is 10.6 Å². The highest BCUT2D eigenvalue weighted by atomic mass is 79.9. The van der Waals surface area contributed by atoms with E-state index in [-0.39, 0.29) is 12.3 Å². The first-order valence-electron chi connectivity index (χ1n) is 10.3. The number of halogens is 1. The molecule has 0 spiro atoms. The van der Waals surface area contributed by atoms with Crippen LogP contribution in [0.15, 0.2) is 119 Å². The molecule has 31 heavy (non-hydrogen) atoms. The highest BCUT2D eigenvalue weighted by molar-refractivity contribution is 9.10. The summed E-state index contributed by atoms with van der Waals surface area (Å²) in [4.78, 5) is 5.04. The number of hydrogen-bond donors (Lipinski definition) is 2. The minimum atomic E-state index is -0.128. The van der Waals surface area contributed by atoms with E-state index in [4.69, 9.17) is 4.99 Å². The van der Waals surface area contributed by atoms with Crippen LogP contribution in [0.3, 0.4) is 0 Å². The van der Waals surface area contributed by atoms with Gasteiger partial charge in [-0.15, -0.1) is 0 Å². The molecule has 2 unspecified atom stereocenters. The lowest BCUT2D eigenvalue weighted by molar-refractivity contribution is 0.409. The van der Waals surface area contributed by atoms with Gasteiger partial charge in [0.25, 0.3) is 0 Å². The quantitative estimate of drug-likeness (QED) is 0.361. The van der Waals surface area contributed by atoms with Crippen LogP contribution in [0.25, 0.3) is 11.1 Å². The van der Waals surface area contributed by atoms with E-state index in [1.54, 1.807) is 0 Å². The number of hydrogen-bond acceptors (Lipinski definition) is 3. The fourth-order valence-electron chi connectivity index (χ4n) is 3.84. The van der Waals surface area contributed by atoms with Crippen molar-refractivity contribution < 1.29 is 0 Å². The van der Waals surface area contributed by atoms with Gasteiger partial charge in [-0.05, 0) is 40.5 Å². The molecule has 0 fully saturated rings. The second kappa shape index (κ2) is 8.88. The lowest BCUT2D eigenvalue weighted by Gasteiger charge is -2.32. The number of benzene rings is 4. The Morgan fingerprint density at radius 1 is 0.613 bits per heavy atom. The van der Waals surface area contributed by atoms with E-state index in [1.807, 2.05) is 18.2 Å². The largest absolute Gasteiger partial charge is 0.350 e. The summed E-state index contributed by atoms with van der Waals surface area (Å²) >= 11 is 3.58. The van der Waals surface area contributed by atoms with Crippen LogP contribution in [0.5, 0.6) is 0 Å². The first-order valence-corrected chi connectivity index (χ1v) is 11.1. The van der Waals surface area contributed by atoms with Crippen molar-refractivity contribution in [1.29, 1.82) is 0 Å². The molecular formula is C27H22BrN3. The molecule has 4 aromatic rings. The predicted octanol–water partition coefficient (Wildman–Crippen LogP) is 6.45. The molecule has 0 aromatic heterocycles. The molecular weight excluding hydrogens is 446 g/mol. The fraction of sp³-hybridized carbons (Fsp3) is 0.0741. The lowest BCUT2D eigenvalue weighted by atomic mass is 10.0. The molecule has 1 aliphatic rings. The molecule has 1 heterocycles. The van der Waals surface area contributed by atoms with Crippen LogP contribution in [0.1, 0.15) is 29.0 Å². The van der Waals surface area contributed by atoms with Gasteiger partial charge in [0.1, 0.15) is 18.2 Å². The molecule has 2 atom stereocenters. The monoisotopic (exact) mass is 467 g/mol. The van der Waals surface area contributed by atoms with Gasteiger partial charge >= 0.3 is 0 Å². The zero-order valence-corrected chi connectivity index (χ0v) is 18.5. The normalized spacial score (nSPS) is 18.2. The minimum Gasteiger partial charge on any atom is -0.350 e. The average Bonchev–Trinajstić information content (AvgIpc) is 2.85. The molecule has 0 amide bonds. The van der Waals surface area contributed by atoms with Crippen molar-refractivity contribution in [3.8, 4) is 11.1 Å². The highest BCUT2D eigenvalue weighted by Gasteiger charge is 2.25. The summed E-state index contributed by atoms with van der Waals surface area (Å²) in [7, 11) is 0. The Morgan fingerprint density at radius 2 is 1.23 bits per heavy atom. The van der Waals surface area contributed by atoms with Crippen LogP contribution in [0, 0.1) is 0 Å². The number of aliphatic imine (C=N–C) groups is 1. The van der Waals surface area contributed by atoms with Gasteiger partial charge < -0.3 is 5.32 Å². The zero-order chi connectivity index (χ0) is 21.0. The van der Waals surface area contributed by atoms with Crippen LogP contribution in [-0.2, 0) is 0 Å². The molecule has 4 heteroatoms. The standard InChI is InChI=1S/C27H22BrN3/c28-24-16-8-14-22(18-24)21-13-7-15-23(17-21)27-30-25(19-9-3-1-4-10-19)29-26(31-27)20-11-5-2-6-12-20/h1-18,25-26,29H,(H,30,31). The molecule has 1 aliphatic heterocycles. The Morgan fingerprint density at radius 3 is 1.94 bits per heavy atom. The maximum atomic E-state index is 5.04. The van der Waals surface area contributed by atoms with E-state index >= 15 is 0 Å². The number of amidine groups is 1. The van der Waals surface area contributed by atoms with Crippen molar-refractivity contribution in [2.45, 2.75) is 12.3 Å². The Kier molecular flexibility index (Phi) is 5.65. The van der Waals surface area contributed by atoms with Crippen LogP contribution in [0.2, 0.25) is 0 Å². The van der Waals surface area contributed by atoms with Gasteiger partial charge in [-0.2, -0.15) is 0 Å². The van der Waals surface area contributed by atoms with Crippen molar-refractivity contribution in [2.75, 3.05) is 0 Å². The highest BCUT2D eigenvalue weighted by Crippen LogP contribution is 2.27. The van der Waals surface area contributed by atoms with Crippen molar-refractivity contribution in [3.05, 3.63) is 130 Å². The number of rotatable bonds is 4. The third-order valence-electron chi connectivity index (χ3n) is 5.41. The van der Waals surface area contributed by atoms with Crippen LogP contribution >= 0.6 is 15.9 Å². The van der Waals surface area contributed by atoms with Gasteiger partial charge in [0.15, 0.2) is 0 Å². The molecule has 5 rings (SSSR count). The van der Waals surface area contributed by atoms with E-state index in [9.17, 15) is 0 Å². The van der Waals surface area contributed by atoms with E-state index in [1.165, 1.54) is 11.1 Å². The molecule has 0 bridgehead atoms. The molecule has 3 nitrogen and oxygen atoms in total. The number of nitrogens with zero attached hydrogens (tertiary/aromatic N) is 1. The van der Waals surface area contributed by atoms with Crippen molar-refractivity contribution in [2.24, 2.45) is 4.99 Å². The van der Waals surface area contributed by atoms with E-state index in [0.717, 1.165) is 27.0 Å². The second-order valence-corrected chi connectivity index (χ2v) is 8.45. The van der Waals surface area contributed by atoms with Crippen molar-refractivity contribution >= 4 is 21.8 Å². The van der Waals surface area contributed by atoms with Crippen molar-refractivity contribution in [3.63, 3.8) is 0 Å². The summed E-state index contributed by atoms with van der Waals surface area (Å²) in [5.41, 5.74) is 5.73. The Hall–Kier alpha value is -3.21. The minimum absolute atomic E-state index is 0.0339. The Balaban J connectivity index is 1.54. The molecule has 0 saturated heterocycles. The summed E-state index contributed by atoms with van der Waals surface area (Å²) in [6, 6.07) is 37.7. The van der Waals surface area contributed by atoms with Crippen molar-refractivity contribution in [1.82, 2.24) is 10.6 Å². The van der Waals surface area contributed by atoms with Gasteiger partial charge in [0.2, 0.25) is 0 Å². The maximum Gasteiger partial charge on any atom is 0.131 e. The van der Waals surface area contributed by atoms with Crippen LogP contribution in [0.4, 0.5) is 0 Å². The van der Waals surface area contributed by atoms with Crippen LogP contribution in [-0.4, -0.2) is 5.84 Å². The SMILES string of the molecule is Brc1cccc(-c2cccc(C3=NC(c4ccccc4)NC(c4ccccc4)N3)c2)c1.